The molecule has 0 bridgehead atoms. The van der Waals surface area contributed by atoms with Crippen molar-refractivity contribution >= 4 is 28.6 Å². The van der Waals surface area contributed by atoms with E-state index >= 15 is 0 Å². The average Bonchev–Trinajstić information content (AvgIpc) is 3.08. The fourth-order valence-corrected chi connectivity index (χ4v) is 3.40. The number of nitrogens with one attached hydrogen (secondary N) is 2. The highest BCUT2D eigenvalue weighted by Gasteiger charge is 2.16. The molecule has 0 atom stereocenters. The molecule has 0 spiro atoms. The number of aryl methyl sites for hydroxylation is 1. The molecule has 3 aromatic rings. The van der Waals surface area contributed by atoms with E-state index in [4.69, 9.17) is 0 Å². The van der Waals surface area contributed by atoms with Crippen LogP contribution in [0.3, 0.4) is 0 Å². The molecule has 2 heterocycles. The fraction of sp³-hybridized carbons (Fsp3) is 0.167. The first-order chi connectivity index (χ1) is 13.1. The number of anilines is 1. The SMILES string of the molecule is Cc1nc(-c2ccccn2)sc1C(=O)NCCNc1ccccc1[N+](=O)[O-]. The highest BCUT2D eigenvalue weighted by Crippen LogP contribution is 2.26. The minimum Gasteiger partial charge on any atom is -0.378 e. The number of pyridine rings is 1. The van der Waals surface area contributed by atoms with Gasteiger partial charge in [0.25, 0.3) is 11.6 Å². The highest BCUT2D eigenvalue weighted by molar-refractivity contribution is 7.17. The Morgan fingerprint density at radius 1 is 1.19 bits per heavy atom. The van der Waals surface area contributed by atoms with Crippen molar-refractivity contribution in [3.05, 3.63) is 69.3 Å². The molecule has 0 aliphatic carbocycles. The number of amides is 1. The zero-order valence-corrected chi connectivity index (χ0v) is 15.3. The second-order valence-corrected chi connectivity index (χ2v) is 6.60. The molecule has 1 aromatic carbocycles. The van der Waals surface area contributed by atoms with Gasteiger partial charge in [-0.25, -0.2) is 4.98 Å². The number of aromatic nitrogens is 2. The lowest BCUT2D eigenvalue weighted by Gasteiger charge is -2.08. The quantitative estimate of drug-likeness (QED) is 0.368. The number of nitro groups is 1. The Morgan fingerprint density at radius 3 is 2.70 bits per heavy atom. The molecule has 138 valence electrons. The topological polar surface area (TPSA) is 110 Å². The van der Waals surface area contributed by atoms with Crippen LogP contribution in [0.4, 0.5) is 11.4 Å². The molecule has 2 N–H and O–H groups in total. The van der Waals surface area contributed by atoms with Gasteiger partial charge in [-0.2, -0.15) is 0 Å². The van der Waals surface area contributed by atoms with Crippen molar-refractivity contribution in [2.45, 2.75) is 6.92 Å². The van der Waals surface area contributed by atoms with Crippen LogP contribution in [0.15, 0.2) is 48.7 Å². The van der Waals surface area contributed by atoms with E-state index in [9.17, 15) is 14.9 Å². The van der Waals surface area contributed by atoms with Gasteiger partial charge in [-0.05, 0) is 25.1 Å². The number of thiazole rings is 1. The summed E-state index contributed by atoms with van der Waals surface area (Å²) in [5.74, 6) is -0.225. The third-order valence-electron chi connectivity index (χ3n) is 3.71. The van der Waals surface area contributed by atoms with E-state index in [0.29, 0.717) is 34.4 Å². The van der Waals surface area contributed by atoms with E-state index < -0.39 is 4.92 Å². The zero-order valence-electron chi connectivity index (χ0n) is 14.5. The molecular weight excluding hydrogens is 366 g/mol. The molecule has 8 nitrogen and oxygen atoms in total. The molecule has 0 radical (unpaired) electrons. The summed E-state index contributed by atoms with van der Waals surface area (Å²) in [4.78, 5) is 32.1. The molecule has 0 aliphatic rings. The molecule has 0 saturated heterocycles. The highest BCUT2D eigenvalue weighted by atomic mass is 32.1. The number of hydrogen-bond donors (Lipinski definition) is 2. The van der Waals surface area contributed by atoms with Gasteiger partial charge in [0.05, 0.1) is 16.3 Å². The van der Waals surface area contributed by atoms with Crippen molar-refractivity contribution in [3.63, 3.8) is 0 Å². The monoisotopic (exact) mass is 383 g/mol. The maximum absolute atomic E-state index is 12.4. The second kappa shape index (κ2) is 8.37. The van der Waals surface area contributed by atoms with Gasteiger partial charge in [-0.1, -0.05) is 18.2 Å². The Labute approximate surface area is 159 Å². The largest absolute Gasteiger partial charge is 0.378 e. The minimum atomic E-state index is -0.444. The van der Waals surface area contributed by atoms with Crippen LogP contribution in [-0.2, 0) is 0 Å². The molecule has 9 heteroatoms. The number of benzene rings is 1. The molecular formula is C18H17N5O3S. The smallest absolute Gasteiger partial charge is 0.292 e. The normalized spacial score (nSPS) is 10.4. The van der Waals surface area contributed by atoms with Crippen LogP contribution in [0.25, 0.3) is 10.7 Å². The number of hydrogen-bond acceptors (Lipinski definition) is 7. The standard InChI is InChI=1S/C18H17N5O3S/c1-12-16(27-18(22-12)14-7-4-5-9-19-14)17(24)21-11-10-20-13-6-2-3-8-15(13)23(25)26/h2-9,20H,10-11H2,1H3,(H,21,24). The van der Waals surface area contributed by atoms with Crippen molar-refractivity contribution < 1.29 is 9.72 Å². The second-order valence-electron chi connectivity index (χ2n) is 5.61. The first kappa shape index (κ1) is 18.5. The first-order valence-corrected chi connectivity index (χ1v) is 9.02. The molecule has 0 aliphatic heterocycles. The van der Waals surface area contributed by atoms with Gasteiger partial charge < -0.3 is 10.6 Å². The maximum Gasteiger partial charge on any atom is 0.292 e. The molecule has 3 rings (SSSR count). The number of nitro benzene ring substituents is 1. The van der Waals surface area contributed by atoms with E-state index in [1.54, 1.807) is 31.3 Å². The van der Waals surface area contributed by atoms with Gasteiger partial charge in [0.15, 0.2) is 0 Å². The van der Waals surface area contributed by atoms with E-state index in [0.717, 1.165) is 5.69 Å². The van der Waals surface area contributed by atoms with Crippen molar-refractivity contribution in [2.75, 3.05) is 18.4 Å². The van der Waals surface area contributed by atoms with Crippen molar-refractivity contribution in [2.24, 2.45) is 0 Å². The summed E-state index contributed by atoms with van der Waals surface area (Å²) in [5.41, 5.74) is 1.79. The Balaban J connectivity index is 1.58. The molecule has 1 amide bonds. The summed E-state index contributed by atoms with van der Waals surface area (Å²) in [5, 5.41) is 17.5. The summed E-state index contributed by atoms with van der Waals surface area (Å²) < 4.78 is 0. The number of carbonyl (C=O) groups is 1. The van der Waals surface area contributed by atoms with Crippen LogP contribution in [0.5, 0.6) is 0 Å². The van der Waals surface area contributed by atoms with Gasteiger partial charge in [0.1, 0.15) is 15.6 Å². The number of nitrogens with zero attached hydrogens (tertiary/aromatic N) is 3. The molecule has 2 aromatic heterocycles. The van der Waals surface area contributed by atoms with Crippen LogP contribution in [0.1, 0.15) is 15.4 Å². The first-order valence-electron chi connectivity index (χ1n) is 8.20. The average molecular weight is 383 g/mol. The van der Waals surface area contributed by atoms with Gasteiger partial charge in [-0.3, -0.25) is 19.9 Å². The summed E-state index contributed by atoms with van der Waals surface area (Å²) >= 11 is 1.29. The minimum absolute atomic E-state index is 0.00197. The molecule has 0 fully saturated rings. The van der Waals surface area contributed by atoms with E-state index in [1.165, 1.54) is 17.4 Å². The van der Waals surface area contributed by atoms with Gasteiger partial charge in [-0.15, -0.1) is 11.3 Å². The predicted molar refractivity (Wildman–Crippen MR) is 104 cm³/mol. The Morgan fingerprint density at radius 2 is 1.96 bits per heavy atom. The number of para-hydroxylation sites is 2. The van der Waals surface area contributed by atoms with Gasteiger partial charge in [0, 0.05) is 25.4 Å². The summed E-state index contributed by atoms with van der Waals surface area (Å²) in [7, 11) is 0. The number of rotatable bonds is 7. The van der Waals surface area contributed by atoms with E-state index in [-0.39, 0.29) is 11.6 Å². The van der Waals surface area contributed by atoms with Crippen LogP contribution >= 0.6 is 11.3 Å². The third-order valence-corrected chi connectivity index (χ3v) is 4.89. The lowest BCUT2D eigenvalue weighted by atomic mass is 10.2. The van der Waals surface area contributed by atoms with Crippen LogP contribution in [0.2, 0.25) is 0 Å². The molecule has 0 saturated carbocycles. The Hall–Kier alpha value is -3.33. The van der Waals surface area contributed by atoms with Crippen LogP contribution < -0.4 is 10.6 Å². The lowest BCUT2D eigenvalue weighted by Crippen LogP contribution is -2.28. The third kappa shape index (κ3) is 4.45. The van der Waals surface area contributed by atoms with Crippen molar-refractivity contribution in [3.8, 4) is 10.7 Å². The van der Waals surface area contributed by atoms with Crippen LogP contribution in [0, 0.1) is 17.0 Å². The predicted octanol–water partition coefficient (Wildman–Crippen LogP) is 3.26. The Bertz CT molecular complexity index is 959. The van der Waals surface area contributed by atoms with E-state index in [1.807, 2.05) is 18.2 Å². The van der Waals surface area contributed by atoms with E-state index in [2.05, 4.69) is 20.6 Å². The van der Waals surface area contributed by atoms with Crippen molar-refractivity contribution in [1.82, 2.24) is 15.3 Å². The van der Waals surface area contributed by atoms with Crippen LogP contribution in [-0.4, -0.2) is 33.9 Å². The summed E-state index contributed by atoms with van der Waals surface area (Å²) in [6, 6.07) is 11.9. The maximum atomic E-state index is 12.4. The zero-order chi connectivity index (χ0) is 19.2. The lowest BCUT2D eigenvalue weighted by molar-refractivity contribution is -0.384. The number of carbonyl (C=O) groups excluding carboxylic acids is 1. The fourth-order valence-electron chi connectivity index (χ4n) is 2.44. The van der Waals surface area contributed by atoms with Gasteiger partial charge in [0.2, 0.25) is 0 Å². The summed E-state index contributed by atoms with van der Waals surface area (Å²) in [6.07, 6.45) is 1.68. The van der Waals surface area contributed by atoms with Crippen molar-refractivity contribution in [1.29, 1.82) is 0 Å². The summed E-state index contributed by atoms with van der Waals surface area (Å²) in [6.45, 7) is 2.46. The Kier molecular flexibility index (Phi) is 5.72. The van der Waals surface area contributed by atoms with Gasteiger partial charge >= 0.3 is 0 Å². The molecule has 0 unspecified atom stereocenters. The molecule has 27 heavy (non-hydrogen) atoms.